The van der Waals surface area contributed by atoms with E-state index < -0.39 is 52.3 Å². The minimum atomic E-state index is -2.47. The van der Waals surface area contributed by atoms with Gasteiger partial charge in [0.25, 0.3) is 0 Å². The Labute approximate surface area is 222 Å². The number of hydrogen-bond donors (Lipinski definition) is 3. The summed E-state index contributed by atoms with van der Waals surface area (Å²) >= 11 is 0. The maximum Gasteiger partial charge on any atom is 0.341 e. The maximum absolute atomic E-state index is 14.0. The van der Waals surface area contributed by atoms with Gasteiger partial charge in [-0.05, 0) is 51.0 Å². The van der Waals surface area contributed by atoms with Gasteiger partial charge in [0.15, 0.2) is 0 Å². The first-order valence-corrected chi connectivity index (χ1v) is 12.0. The summed E-state index contributed by atoms with van der Waals surface area (Å²) in [5, 5.41) is 33.4. The minimum Gasteiger partial charge on any atom is -0.507 e. The van der Waals surface area contributed by atoms with E-state index in [0.29, 0.717) is 5.56 Å². The topological polar surface area (TPSA) is 166 Å². The van der Waals surface area contributed by atoms with Crippen LogP contribution in [0.1, 0.15) is 61.6 Å². The van der Waals surface area contributed by atoms with Crippen LogP contribution in [0.3, 0.4) is 0 Å². The molecule has 0 saturated heterocycles. The number of ketones is 2. The van der Waals surface area contributed by atoms with Crippen molar-refractivity contribution in [3.05, 3.63) is 56.7 Å². The van der Waals surface area contributed by atoms with Gasteiger partial charge < -0.3 is 34.3 Å². The quantitative estimate of drug-likeness (QED) is 0.480. The summed E-state index contributed by atoms with van der Waals surface area (Å²) in [5.74, 6) is -4.37. The third kappa shape index (κ3) is 3.01. The van der Waals surface area contributed by atoms with Crippen molar-refractivity contribution in [3.8, 4) is 23.0 Å². The fourth-order valence-electron chi connectivity index (χ4n) is 5.97. The average molecular weight is 539 g/mol. The first-order valence-electron chi connectivity index (χ1n) is 12.0. The smallest absolute Gasteiger partial charge is 0.341 e. The summed E-state index contributed by atoms with van der Waals surface area (Å²) in [6.07, 6.45) is -1.22. The summed E-state index contributed by atoms with van der Waals surface area (Å²) in [6, 6.07) is 1.22. The molecule has 0 aromatic heterocycles. The maximum atomic E-state index is 14.0. The molecule has 0 bridgehead atoms. The molecule has 11 nitrogen and oxygen atoms in total. The second-order valence-corrected chi connectivity index (χ2v) is 9.96. The van der Waals surface area contributed by atoms with Gasteiger partial charge in [-0.25, -0.2) is 9.59 Å². The molecule has 2 aromatic carbocycles. The Balaban J connectivity index is 1.81. The molecule has 2 aromatic rings. The van der Waals surface area contributed by atoms with E-state index >= 15 is 0 Å². The second kappa shape index (κ2) is 8.31. The molecule has 2 heterocycles. The highest BCUT2D eigenvalue weighted by Crippen LogP contribution is 2.60. The van der Waals surface area contributed by atoms with Crippen molar-refractivity contribution >= 4 is 23.5 Å². The fourth-order valence-corrected chi connectivity index (χ4v) is 5.97. The van der Waals surface area contributed by atoms with Crippen molar-refractivity contribution in [2.75, 3.05) is 14.2 Å². The lowest BCUT2D eigenvalue weighted by molar-refractivity contribution is -0.179. The van der Waals surface area contributed by atoms with Crippen LogP contribution in [0.25, 0.3) is 0 Å². The van der Waals surface area contributed by atoms with Crippen LogP contribution in [0.2, 0.25) is 0 Å². The number of phenolic OH excluding ortho intramolecular Hbond substituents is 2. The Hall–Kier alpha value is -4.38. The van der Waals surface area contributed by atoms with E-state index in [4.69, 9.17) is 18.9 Å². The number of phenols is 2. The molecule has 5 rings (SSSR count). The molecule has 0 radical (unpaired) electrons. The molecule has 2 spiro atoms. The molecular weight excluding hydrogens is 512 g/mol. The van der Waals surface area contributed by atoms with E-state index in [9.17, 15) is 34.5 Å². The average Bonchev–Trinajstić information content (AvgIpc) is 3.44. The number of Topliss-reactive ketones (excluding diaryl/α,β-unsaturated/α-hetero) is 1. The Bertz CT molecular complexity index is 1570. The predicted molar refractivity (Wildman–Crippen MR) is 132 cm³/mol. The molecular formula is C28H26O11. The van der Waals surface area contributed by atoms with E-state index in [2.05, 4.69) is 0 Å². The number of rotatable bonds is 2. The number of aliphatic hydroxyl groups excluding tert-OH is 1. The van der Waals surface area contributed by atoms with Gasteiger partial charge in [0.2, 0.25) is 22.8 Å². The van der Waals surface area contributed by atoms with Gasteiger partial charge in [0.05, 0.1) is 19.8 Å². The number of benzene rings is 2. The zero-order valence-electron chi connectivity index (χ0n) is 22.0. The second-order valence-electron chi connectivity index (χ2n) is 9.96. The number of fused-ring (bicyclic) bond motifs is 3. The fraction of sp³-hybridized carbons (Fsp3) is 0.357. The highest BCUT2D eigenvalue weighted by molar-refractivity contribution is 6.19. The van der Waals surface area contributed by atoms with Gasteiger partial charge >= 0.3 is 11.9 Å². The number of ether oxygens (including phenoxy) is 4. The van der Waals surface area contributed by atoms with Gasteiger partial charge in [0.1, 0.15) is 40.2 Å². The summed E-state index contributed by atoms with van der Waals surface area (Å²) in [6.45, 7) is 5.88. The van der Waals surface area contributed by atoms with Crippen LogP contribution in [-0.4, -0.2) is 64.2 Å². The Morgan fingerprint density at radius 2 is 1.56 bits per heavy atom. The van der Waals surface area contributed by atoms with Crippen LogP contribution in [-0.2, 0) is 25.5 Å². The number of methoxy groups -OCH3 is 2. The lowest BCUT2D eigenvalue weighted by atomic mass is 9.65. The zero-order valence-corrected chi connectivity index (χ0v) is 22.0. The SMILES string of the molecule is COC(=O)c1c(C)c2c(c(C)c1O)OC1(C2)C(=O)C=C(C)C(=O)C12Oc1c(C(=O)OC)c(C)cc(O)c1C2O. The highest BCUT2D eigenvalue weighted by atomic mass is 16.6. The highest BCUT2D eigenvalue weighted by Gasteiger charge is 2.75. The van der Waals surface area contributed by atoms with E-state index in [0.717, 1.165) is 20.3 Å². The van der Waals surface area contributed by atoms with Gasteiger partial charge in [-0.3, -0.25) is 9.59 Å². The Kier molecular flexibility index (Phi) is 5.59. The van der Waals surface area contributed by atoms with Gasteiger partial charge in [-0.1, -0.05) is 0 Å². The summed E-state index contributed by atoms with van der Waals surface area (Å²) in [4.78, 5) is 53.0. The molecule has 0 amide bonds. The molecule has 3 N–H and O–H groups in total. The first kappa shape index (κ1) is 26.2. The van der Waals surface area contributed by atoms with E-state index in [-0.39, 0.29) is 56.9 Å². The van der Waals surface area contributed by atoms with E-state index in [1.54, 1.807) is 0 Å². The standard InChI is InChI=1S/C28H26O11/c1-10-7-15(29)19-22(17(10)25(34)36-5)39-28(24(19)33)23(32)11(2)8-16(30)27(28)9-14-12(3)18(26(35)37-6)20(31)13(4)21(14)38-27/h7-8,24,29,31,33H,9H2,1-6H3. The van der Waals surface area contributed by atoms with Crippen LogP contribution >= 0.6 is 0 Å². The summed E-state index contributed by atoms with van der Waals surface area (Å²) in [5.41, 5.74) is -4.38. The van der Waals surface area contributed by atoms with Crippen molar-refractivity contribution in [2.45, 2.75) is 51.4 Å². The minimum absolute atomic E-state index is 0.0338. The van der Waals surface area contributed by atoms with Gasteiger partial charge in [-0.2, -0.15) is 0 Å². The molecule has 0 saturated carbocycles. The third-order valence-electron chi connectivity index (χ3n) is 7.97. The lowest BCUT2D eigenvalue weighted by Gasteiger charge is -2.45. The monoisotopic (exact) mass is 538 g/mol. The van der Waals surface area contributed by atoms with Gasteiger partial charge in [-0.15, -0.1) is 0 Å². The molecule has 3 unspecified atom stereocenters. The van der Waals surface area contributed by atoms with Crippen LogP contribution in [0.5, 0.6) is 23.0 Å². The zero-order chi connectivity index (χ0) is 28.8. The van der Waals surface area contributed by atoms with Crippen molar-refractivity contribution < 1.29 is 53.4 Å². The van der Waals surface area contributed by atoms with Crippen molar-refractivity contribution in [3.63, 3.8) is 0 Å². The number of esters is 2. The number of carbonyl (C=O) groups excluding carboxylic acids is 4. The van der Waals surface area contributed by atoms with E-state index in [1.165, 1.54) is 33.8 Å². The number of hydrogen-bond acceptors (Lipinski definition) is 11. The largest absolute Gasteiger partial charge is 0.507 e. The Morgan fingerprint density at radius 1 is 0.949 bits per heavy atom. The molecule has 11 heteroatoms. The van der Waals surface area contributed by atoms with Gasteiger partial charge in [0, 0.05) is 23.1 Å². The summed E-state index contributed by atoms with van der Waals surface area (Å²) < 4.78 is 22.1. The normalized spacial score (nSPS) is 24.7. The first-order chi connectivity index (χ1) is 18.3. The predicted octanol–water partition coefficient (Wildman–Crippen LogP) is 2.23. The number of carbonyl (C=O) groups is 4. The van der Waals surface area contributed by atoms with E-state index in [1.807, 2.05) is 0 Å². The molecule has 204 valence electrons. The molecule has 1 aliphatic carbocycles. The molecule has 3 aliphatic rings. The molecule has 0 fully saturated rings. The summed E-state index contributed by atoms with van der Waals surface area (Å²) in [7, 11) is 2.29. The van der Waals surface area contributed by atoms with Crippen molar-refractivity contribution in [1.82, 2.24) is 0 Å². The van der Waals surface area contributed by atoms with Crippen molar-refractivity contribution in [1.29, 1.82) is 0 Å². The third-order valence-corrected chi connectivity index (χ3v) is 7.97. The van der Waals surface area contributed by atoms with Crippen LogP contribution in [0, 0.1) is 20.8 Å². The number of aryl methyl sites for hydroxylation is 1. The molecule has 3 atom stereocenters. The lowest BCUT2D eigenvalue weighted by Crippen LogP contribution is -2.72. The van der Waals surface area contributed by atoms with Crippen LogP contribution in [0.15, 0.2) is 17.7 Å². The number of aliphatic hydroxyl groups is 1. The Morgan fingerprint density at radius 3 is 2.18 bits per heavy atom. The molecule has 2 aliphatic heterocycles. The van der Waals surface area contributed by atoms with Crippen molar-refractivity contribution in [2.24, 2.45) is 0 Å². The van der Waals surface area contributed by atoms with Crippen LogP contribution < -0.4 is 9.47 Å². The number of aromatic hydroxyl groups is 2. The van der Waals surface area contributed by atoms with Crippen LogP contribution in [0.4, 0.5) is 0 Å². The molecule has 39 heavy (non-hydrogen) atoms.